The minimum absolute atomic E-state index is 0.133. The van der Waals surface area contributed by atoms with E-state index in [1.54, 1.807) is 12.5 Å². The quantitative estimate of drug-likeness (QED) is 0.800. The second kappa shape index (κ2) is 6.31. The summed E-state index contributed by atoms with van der Waals surface area (Å²) in [6, 6.07) is 0. The molecule has 0 aromatic carbocycles. The van der Waals surface area contributed by atoms with Crippen LogP contribution in [0.4, 0.5) is 0 Å². The molecule has 4 rings (SSSR count). The fourth-order valence-electron chi connectivity index (χ4n) is 7.18. The van der Waals surface area contributed by atoms with E-state index in [2.05, 4.69) is 26.0 Å². The third kappa shape index (κ3) is 2.50. The van der Waals surface area contributed by atoms with E-state index in [0.717, 1.165) is 38.5 Å². The summed E-state index contributed by atoms with van der Waals surface area (Å²) in [4.78, 5) is 12.2. The van der Waals surface area contributed by atoms with Gasteiger partial charge >= 0.3 is 0 Å². The topological polar surface area (TPSA) is 57.5 Å². The summed E-state index contributed by atoms with van der Waals surface area (Å²) in [6.07, 6.45) is 11.7. The van der Waals surface area contributed by atoms with Crippen LogP contribution in [0.25, 0.3) is 0 Å². The predicted molar refractivity (Wildman–Crippen MR) is 102 cm³/mol. The average Bonchev–Trinajstić information content (AvgIpc) is 2.97. The van der Waals surface area contributed by atoms with Crippen molar-refractivity contribution in [1.82, 2.24) is 0 Å². The molecule has 4 aliphatic carbocycles. The highest BCUT2D eigenvalue weighted by atomic mass is 16.3. The van der Waals surface area contributed by atoms with Gasteiger partial charge in [0.15, 0.2) is 0 Å². The molecular formula is C23H34O3. The van der Waals surface area contributed by atoms with Crippen molar-refractivity contribution >= 4 is 5.78 Å². The second-order valence-corrected chi connectivity index (χ2v) is 9.92. The maximum absolute atomic E-state index is 12.2. The molecule has 0 heterocycles. The van der Waals surface area contributed by atoms with Gasteiger partial charge in [0, 0.05) is 5.92 Å². The Labute approximate surface area is 157 Å². The Balaban J connectivity index is 1.65. The first-order chi connectivity index (χ1) is 12.3. The van der Waals surface area contributed by atoms with Crippen molar-refractivity contribution < 1.29 is 15.0 Å². The van der Waals surface area contributed by atoms with Gasteiger partial charge in [0.05, 0.1) is 12.7 Å². The monoisotopic (exact) mass is 358 g/mol. The van der Waals surface area contributed by atoms with Gasteiger partial charge in [0.2, 0.25) is 0 Å². The Morgan fingerprint density at radius 3 is 2.62 bits per heavy atom. The normalized spacial score (nSPS) is 45.7. The van der Waals surface area contributed by atoms with E-state index in [0.29, 0.717) is 17.6 Å². The Morgan fingerprint density at radius 1 is 1.15 bits per heavy atom. The number of carbonyl (C=O) groups is 1. The number of fused-ring (bicyclic) bond motifs is 5. The molecular weight excluding hydrogens is 324 g/mol. The van der Waals surface area contributed by atoms with Gasteiger partial charge in [0.1, 0.15) is 5.78 Å². The van der Waals surface area contributed by atoms with Crippen molar-refractivity contribution in [1.29, 1.82) is 0 Å². The molecule has 0 spiro atoms. The van der Waals surface area contributed by atoms with Gasteiger partial charge in [-0.25, -0.2) is 0 Å². The molecule has 3 nitrogen and oxygen atoms in total. The van der Waals surface area contributed by atoms with Crippen LogP contribution in [0.2, 0.25) is 0 Å². The van der Waals surface area contributed by atoms with Crippen LogP contribution in [0.5, 0.6) is 0 Å². The summed E-state index contributed by atoms with van der Waals surface area (Å²) in [5.74, 6) is 1.97. The van der Waals surface area contributed by atoms with E-state index in [1.165, 1.54) is 12.0 Å². The number of aliphatic hydroxyl groups is 2. The highest BCUT2D eigenvalue weighted by molar-refractivity contribution is 5.79. The Kier molecular flexibility index (Phi) is 4.47. The molecule has 0 radical (unpaired) electrons. The zero-order valence-electron chi connectivity index (χ0n) is 16.5. The molecule has 144 valence electrons. The molecule has 0 saturated heterocycles. The minimum Gasteiger partial charge on any atom is -0.394 e. The van der Waals surface area contributed by atoms with E-state index in [1.807, 2.05) is 0 Å². The van der Waals surface area contributed by atoms with Crippen LogP contribution in [0.1, 0.15) is 65.7 Å². The summed E-state index contributed by atoms with van der Waals surface area (Å²) in [5.41, 5.74) is 3.43. The lowest BCUT2D eigenvalue weighted by molar-refractivity contribution is -0.124. The lowest BCUT2D eigenvalue weighted by Crippen LogP contribution is -2.47. The van der Waals surface area contributed by atoms with Crippen LogP contribution in [-0.2, 0) is 4.79 Å². The van der Waals surface area contributed by atoms with Gasteiger partial charge < -0.3 is 10.2 Å². The Morgan fingerprint density at radius 2 is 1.92 bits per heavy atom. The van der Waals surface area contributed by atoms with Crippen LogP contribution in [0, 0.1) is 34.5 Å². The Hall–Kier alpha value is -0.930. The van der Waals surface area contributed by atoms with Crippen LogP contribution < -0.4 is 0 Å². The molecule has 7 atom stereocenters. The molecule has 2 N–H and O–H groups in total. The molecule has 3 saturated carbocycles. The highest BCUT2D eigenvalue weighted by Gasteiger charge is 2.57. The van der Waals surface area contributed by atoms with Crippen molar-refractivity contribution in [2.45, 2.75) is 71.8 Å². The molecule has 4 aliphatic rings. The van der Waals surface area contributed by atoms with Gasteiger partial charge in [-0.2, -0.15) is 0 Å². The largest absolute Gasteiger partial charge is 0.394 e. The molecule has 0 bridgehead atoms. The van der Waals surface area contributed by atoms with Gasteiger partial charge in [-0.15, -0.1) is 0 Å². The van der Waals surface area contributed by atoms with Crippen molar-refractivity contribution in [3.8, 4) is 0 Å². The summed E-state index contributed by atoms with van der Waals surface area (Å²) < 4.78 is 0. The summed E-state index contributed by atoms with van der Waals surface area (Å²) in [5, 5.41) is 19.4. The average molecular weight is 359 g/mol. The summed E-state index contributed by atoms with van der Waals surface area (Å²) in [6.45, 7) is 6.45. The zero-order valence-corrected chi connectivity index (χ0v) is 16.5. The third-order valence-corrected chi connectivity index (χ3v) is 8.83. The number of rotatable bonds is 3. The molecule has 0 aliphatic heterocycles. The first-order valence-corrected chi connectivity index (χ1v) is 10.5. The molecule has 0 aromatic heterocycles. The van der Waals surface area contributed by atoms with E-state index in [9.17, 15) is 15.0 Å². The standard InChI is InChI=1S/C23H34O3/c1-14(25)18-6-7-19-17-5-4-16-12-15(21(26)13-24)8-10-22(16,2)20(17)9-11-23(18,19)3/h4-5,15,18-21,24,26H,6-13H2,1-3H3/t15?,18-,19+,20+,21?,22+,23-/m1/s1. The van der Waals surface area contributed by atoms with Gasteiger partial charge in [-0.05, 0) is 80.5 Å². The minimum atomic E-state index is -0.591. The van der Waals surface area contributed by atoms with Gasteiger partial charge in [-0.1, -0.05) is 37.1 Å². The van der Waals surface area contributed by atoms with Crippen LogP contribution >= 0.6 is 0 Å². The van der Waals surface area contributed by atoms with Crippen molar-refractivity contribution in [2.75, 3.05) is 6.61 Å². The smallest absolute Gasteiger partial charge is 0.133 e. The summed E-state index contributed by atoms with van der Waals surface area (Å²) in [7, 11) is 0. The van der Waals surface area contributed by atoms with E-state index in [4.69, 9.17) is 0 Å². The fraction of sp³-hybridized carbons (Fsp3) is 0.783. The third-order valence-electron chi connectivity index (χ3n) is 8.83. The maximum Gasteiger partial charge on any atom is 0.133 e. The van der Waals surface area contributed by atoms with Crippen LogP contribution in [0.15, 0.2) is 23.3 Å². The number of allylic oxidation sites excluding steroid dienone is 4. The molecule has 26 heavy (non-hydrogen) atoms. The highest BCUT2D eigenvalue weighted by Crippen LogP contribution is 2.65. The predicted octanol–water partition coefficient (Wildman–Crippen LogP) is 4.04. The number of hydrogen-bond acceptors (Lipinski definition) is 3. The Bertz CT molecular complexity index is 662. The number of carbonyl (C=O) groups excluding carboxylic acids is 1. The van der Waals surface area contributed by atoms with E-state index < -0.39 is 6.10 Å². The first kappa shape index (κ1) is 18.4. The van der Waals surface area contributed by atoms with Crippen LogP contribution in [0.3, 0.4) is 0 Å². The van der Waals surface area contributed by atoms with Crippen molar-refractivity contribution in [3.05, 3.63) is 23.3 Å². The van der Waals surface area contributed by atoms with Crippen molar-refractivity contribution in [2.24, 2.45) is 34.5 Å². The molecule has 0 aromatic rings. The lowest BCUT2D eigenvalue weighted by Gasteiger charge is -2.55. The number of ketones is 1. The second-order valence-electron chi connectivity index (χ2n) is 9.92. The van der Waals surface area contributed by atoms with Crippen LogP contribution in [-0.4, -0.2) is 28.7 Å². The summed E-state index contributed by atoms with van der Waals surface area (Å²) >= 11 is 0. The first-order valence-electron chi connectivity index (χ1n) is 10.5. The maximum atomic E-state index is 12.2. The lowest BCUT2D eigenvalue weighted by atomic mass is 9.49. The molecule has 3 heteroatoms. The number of Topliss-reactive ketones (excluding diaryl/α,β-unsaturated/α-hetero) is 1. The SMILES string of the molecule is CC(=O)[C@H]1CC[C@H]2C3=CC=C4CC(C(O)CO)CC[C@]4(C)[C@H]3CC[C@]12C. The van der Waals surface area contributed by atoms with Gasteiger partial charge in [-0.3, -0.25) is 4.79 Å². The van der Waals surface area contributed by atoms with Gasteiger partial charge in [0.25, 0.3) is 0 Å². The fourth-order valence-corrected chi connectivity index (χ4v) is 7.18. The number of aliphatic hydroxyl groups excluding tert-OH is 2. The molecule has 3 fully saturated rings. The van der Waals surface area contributed by atoms with E-state index >= 15 is 0 Å². The molecule has 2 unspecified atom stereocenters. The zero-order chi connectivity index (χ0) is 18.7. The molecule has 0 amide bonds. The van der Waals surface area contributed by atoms with E-state index in [-0.39, 0.29) is 29.3 Å². The number of hydrogen-bond donors (Lipinski definition) is 2. The van der Waals surface area contributed by atoms with Crippen molar-refractivity contribution in [3.63, 3.8) is 0 Å².